The average molecular weight is 264 g/mol. The fourth-order valence-corrected chi connectivity index (χ4v) is 5.55. The van der Waals surface area contributed by atoms with Crippen molar-refractivity contribution < 1.29 is 9.44 Å². The molecule has 0 aliphatic carbocycles. The highest BCUT2D eigenvalue weighted by Crippen LogP contribution is 2.47. The van der Waals surface area contributed by atoms with Gasteiger partial charge in [0.25, 0.3) is 0 Å². The number of hydroxylamine groups is 3. The molecule has 0 aromatic rings. The molecule has 0 aromatic heterocycles. The van der Waals surface area contributed by atoms with Crippen LogP contribution < -0.4 is 0 Å². The van der Waals surface area contributed by atoms with Gasteiger partial charge in [-0.3, -0.25) is 4.79 Å². The Kier molecular flexibility index (Phi) is 2.68. The quantitative estimate of drug-likeness (QED) is 0.495. The van der Waals surface area contributed by atoms with Crippen LogP contribution in [0.2, 0.25) is 0 Å². The van der Waals surface area contributed by atoms with Gasteiger partial charge in [0, 0.05) is 30.8 Å². The molecule has 4 heterocycles. The summed E-state index contributed by atoms with van der Waals surface area (Å²) >= 11 is 0. The fraction of sp³-hybridized carbons (Fsp3) is 0.933. The van der Waals surface area contributed by atoms with Crippen LogP contribution in [0.25, 0.3) is 0 Å². The van der Waals surface area contributed by atoms with E-state index in [9.17, 15) is 10.0 Å². The van der Waals surface area contributed by atoms with E-state index in [0.29, 0.717) is 29.8 Å². The Morgan fingerprint density at radius 3 is 2.74 bits per heavy atom. The molecule has 1 amide bonds. The van der Waals surface area contributed by atoms with E-state index in [1.165, 1.54) is 12.8 Å². The summed E-state index contributed by atoms with van der Waals surface area (Å²) in [6, 6.07) is 0.710. The number of carbonyl (C=O) groups is 1. The molecule has 4 rings (SSSR count). The van der Waals surface area contributed by atoms with Crippen molar-refractivity contribution in [3.8, 4) is 0 Å². The molecule has 0 radical (unpaired) electrons. The minimum Gasteiger partial charge on any atom is -0.633 e. The van der Waals surface area contributed by atoms with Crippen LogP contribution in [0.5, 0.6) is 0 Å². The topological polar surface area (TPSA) is 43.4 Å². The third kappa shape index (κ3) is 1.69. The highest BCUT2D eigenvalue weighted by Gasteiger charge is 2.55. The minimum atomic E-state index is 0.0772. The first-order valence-corrected chi connectivity index (χ1v) is 8.06. The summed E-state index contributed by atoms with van der Waals surface area (Å²) in [7, 11) is 0. The van der Waals surface area contributed by atoms with Gasteiger partial charge in [0.15, 0.2) is 0 Å². The van der Waals surface area contributed by atoms with Gasteiger partial charge in [0.05, 0.1) is 19.1 Å². The number of carbonyl (C=O) groups excluding carboxylic acids is 1. The highest BCUT2D eigenvalue weighted by atomic mass is 16.5. The van der Waals surface area contributed by atoms with Crippen LogP contribution in [0.4, 0.5) is 0 Å². The zero-order chi connectivity index (χ0) is 13.0. The predicted molar refractivity (Wildman–Crippen MR) is 71.9 cm³/mol. The van der Waals surface area contributed by atoms with Gasteiger partial charge in [-0.15, -0.1) is 0 Å². The SMILES string of the molecule is O=C1CCC[C@@H]2[C@@H]3CCC[N+]4([O-])CCC[C@H](CN12)[C@H]34. The Morgan fingerprint density at radius 2 is 1.89 bits per heavy atom. The van der Waals surface area contributed by atoms with Crippen LogP contribution in [-0.2, 0) is 4.79 Å². The van der Waals surface area contributed by atoms with Gasteiger partial charge in [0.2, 0.25) is 5.91 Å². The van der Waals surface area contributed by atoms with E-state index >= 15 is 0 Å². The lowest BCUT2D eigenvalue weighted by Crippen LogP contribution is -2.71. The minimum absolute atomic E-state index is 0.0772. The lowest BCUT2D eigenvalue weighted by atomic mass is 9.67. The fourth-order valence-electron chi connectivity index (χ4n) is 5.55. The number of fused-ring (bicyclic) bond motifs is 2. The molecule has 4 nitrogen and oxygen atoms in total. The van der Waals surface area contributed by atoms with Crippen molar-refractivity contribution in [1.29, 1.82) is 0 Å². The summed E-state index contributed by atoms with van der Waals surface area (Å²) in [6.45, 7) is 2.55. The molecule has 0 saturated carbocycles. The van der Waals surface area contributed by atoms with Crippen molar-refractivity contribution in [1.82, 2.24) is 4.90 Å². The smallest absolute Gasteiger partial charge is 0.222 e. The Bertz CT molecular complexity index is 396. The maximum atomic E-state index is 13.1. The van der Waals surface area contributed by atoms with Crippen molar-refractivity contribution in [2.24, 2.45) is 11.8 Å². The number of rotatable bonds is 0. The second-order valence-electron chi connectivity index (χ2n) is 7.10. The molecule has 5 atom stereocenters. The van der Waals surface area contributed by atoms with Gasteiger partial charge in [-0.1, -0.05) is 0 Å². The number of quaternary nitrogens is 1. The van der Waals surface area contributed by atoms with Crippen LogP contribution >= 0.6 is 0 Å². The number of hydrogen-bond donors (Lipinski definition) is 0. The summed E-state index contributed by atoms with van der Waals surface area (Å²) in [5.41, 5.74) is 0. The zero-order valence-electron chi connectivity index (χ0n) is 11.6. The first-order valence-electron chi connectivity index (χ1n) is 8.06. The molecule has 19 heavy (non-hydrogen) atoms. The summed E-state index contributed by atoms with van der Waals surface area (Å²) in [5.74, 6) is 1.33. The number of piperidine rings is 4. The Morgan fingerprint density at radius 1 is 1.11 bits per heavy atom. The third-order valence-corrected chi connectivity index (χ3v) is 6.19. The molecule has 4 saturated heterocycles. The molecule has 4 aliphatic rings. The van der Waals surface area contributed by atoms with Gasteiger partial charge in [-0.05, 0) is 38.5 Å². The number of nitrogens with zero attached hydrogens (tertiary/aromatic N) is 2. The molecular weight excluding hydrogens is 240 g/mol. The maximum Gasteiger partial charge on any atom is 0.222 e. The van der Waals surface area contributed by atoms with Crippen LogP contribution in [0.15, 0.2) is 0 Å². The van der Waals surface area contributed by atoms with Crippen molar-refractivity contribution >= 4 is 5.91 Å². The highest BCUT2D eigenvalue weighted by molar-refractivity contribution is 5.77. The molecule has 106 valence electrons. The molecule has 0 aromatic carbocycles. The normalized spacial score (nSPS) is 49.5. The van der Waals surface area contributed by atoms with E-state index in [-0.39, 0.29) is 4.65 Å². The number of hydrogen-bond acceptors (Lipinski definition) is 2. The molecule has 0 N–H and O–H groups in total. The van der Waals surface area contributed by atoms with Crippen molar-refractivity contribution in [3.63, 3.8) is 0 Å². The second-order valence-corrected chi connectivity index (χ2v) is 7.10. The zero-order valence-corrected chi connectivity index (χ0v) is 11.6. The second kappa shape index (κ2) is 4.19. The van der Waals surface area contributed by atoms with Crippen molar-refractivity contribution in [3.05, 3.63) is 5.21 Å². The Labute approximate surface area is 114 Å². The van der Waals surface area contributed by atoms with Gasteiger partial charge in [-0.25, -0.2) is 0 Å². The van der Waals surface area contributed by atoms with E-state index in [0.717, 1.165) is 51.7 Å². The predicted octanol–water partition coefficient (Wildman–Crippen LogP) is 1.88. The van der Waals surface area contributed by atoms with E-state index < -0.39 is 0 Å². The average Bonchev–Trinajstić information content (AvgIpc) is 2.40. The Hall–Kier alpha value is -0.610. The molecule has 0 spiro atoms. The van der Waals surface area contributed by atoms with Gasteiger partial charge in [0.1, 0.15) is 0 Å². The molecule has 0 bridgehead atoms. The summed E-state index contributed by atoms with van der Waals surface area (Å²) in [6.07, 6.45) is 7.38. The molecule has 4 aliphatic heterocycles. The summed E-state index contributed by atoms with van der Waals surface area (Å²) < 4.78 is 0.0772. The summed E-state index contributed by atoms with van der Waals surface area (Å²) in [5, 5.41) is 13.1. The Balaban J connectivity index is 1.69. The van der Waals surface area contributed by atoms with Gasteiger partial charge in [-0.2, -0.15) is 0 Å². The third-order valence-electron chi connectivity index (χ3n) is 6.19. The summed E-state index contributed by atoms with van der Waals surface area (Å²) in [4.78, 5) is 14.3. The van der Waals surface area contributed by atoms with Crippen LogP contribution in [0, 0.1) is 17.0 Å². The van der Waals surface area contributed by atoms with Gasteiger partial charge >= 0.3 is 0 Å². The van der Waals surface area contributed by atoms with E-state index in [1.54, 1.807) is 0 Å². The first-order chi connectivity index (χ1) is 9.19. The van der Waals surface area contributed by atoms with E-state index in [1.807, 2.05) is 0 Å². The van der Waals surface area contributed by atoms with Crippen LogP contribution in [-0.4, -0.2) is 47.2 Å². The molecule has 4 heteroatoms. The van der Waals surface area contributed by atoms with Crippen molar-refractivity contribution in [2.45, 2.75) is 57.0 Å². The van der Waals surface area contributed by atoms with Crippen LogP contribution in [0.1, 0.15) is 44.9 Å². The van der Waals surface area contributed by atoms with Gasteiger partial charge < -0.3 is 14.8 Å². The van der Waals surface area contributed by atoms with E-state index in [4.69, 9.17) is 0 Å². The standard InChI is InChI=1S/C15H24N2O2/c18-14-7-1-6-13-12-5-3-9-17(19)8-2-4-11(15(12)17)10-16(13)14/h11-13,15H,1-10H2/t11-,12+,13-,15-,17?/m1/s1. The number of amides is 1. The molecule has 4 fully saturated rings. The lowest BCUT2D eigenvalue weighted by Gasteiger charge is -2.64. The lowest BCUT2D eigenvalue weighted by molar-refractivity contribution is -0.925. The monoisotopic (exact) mass is 264 g/mol. The van der Waals surface area contributed by atoms with Crippen molar-refractivity contribution in [2.75, 3.05) is 19.6 Å². The van der Waals surface area contributed by atoms with Crippen LogP contribution in [0.3, 0.4) is 0 Å². The first kappa shape index (κ1) is 12.2. The maximum absolute atomic E-state index is 13.1. The molecule has 1 unspecified atom stereocenters. The molecular formula is C15H24N2O2. The van der Waals surface area contributed by atoms with E-state index in [2.05, 4.69) is 4.90 Å². The largest absolute Gasteiger partial charge is 0.633 e.